The molecule has 0 bridgehead atoms. The average Bonchev–Trinajstić information content (AvgIpc) is 2.50. The molecule has 0 unspecified atom stereocenters. The molecule has 0 aliphatic carbocycles. The van der Waals surface area contributed by atoms with E-state index < -0.39 is 0 Å². The quantitative estimate of drug-likeness (QED) is 0.592. The molecule has 2 aromatic rings. The van der Waals surface area contributed by atoms with E-state index in [-0.39, 0.29) is 0 Å². The maximum absolute atomic E-state index is 4.92. The van der Waals surface area contributed by atoms with Crippen molar-refractivity contribution < 1.29 is 4.74 Å². The van der Waals surface area contributed by atoms with E-state index in [4.69, 9.17) is 4.74 Å². The average molecular weight is 148 g/mol. The number of ether oxygens (including phenoxy) is 1. The third-order valence-corrected chi connectivity index (χ3v) is 1.38. The summed E-state index contributed by atoms with van der Waals surface area (Å²) in [5.74, 6) is 0.578. The van der Waals surface area contributed by atoms with Gasteiger partial charge in [0.05, 0.1) is 19.4 Å². The third-order valence-electron chi connectivity index (χ3n) is 1.38. The lowest BCUT2D eigenvalue weighted by molar-refractivity contribution is 0.398. The number of hydrogen-bond acceptors (Lipinski definition) is 3. The summed E-state index contributed by atoms with van der Waals surface area (Å²) in [6.45, 7) is 0. The van der Waals surface area contributed by atoms with Crippen molar-refractivity contribution in [3.8, 4) is 5.88 Å². The Labute approximate surface area is 63.4 Å². The zero-order chi connectivity index (χ0) is 7.68. The Morgan fingerprint density at radius 3 is 3.36 bits per heavy atom. The molecule has 2 rings (SSSR count). The fourth-order valence-electron chi connectivity index (χ4n) is 0.852. The lowest BCUT2D eigenvalue weighted by Gasteiger charge is -1.96. The molecule has 1 radical (unpaired) electrons. The number of fused-ring (bicyclic) bond motifs is 1. The number of aromatic nitrogens is 3. The van der Waals surface area contributed by atoms with E-state index in [2.05, 4.69) is 16.1 Å². The van der Waals surface area contributed by atoms with Crippen LogP contribution in [-0.4, -0.2) is 21.7 Å². The van der Waals surface area contributed by atoms with Crippen LogP contribution in [0.2, 0.25) is 0 Å². The van der Waals surface area contributed by atoms with Crippen molar-refractivity contribution in [3.05, 3.63) is 24.5 Å². The van der Waals surface area contributed by atoms with Crippen molar-refractivity contribution in [1.82, 2.24) is 14.6 Å². The fraction of sp³-hybridized carbons (Fsp3) is 0.143. The Hall–Kier alpha value is -1.58. The molecule has 55 valence electrons. The fourth-order valence-corrected chi connectivity index (χ4v) is 0.852. The van der Waals surface area contributed by atoms with Gasteiger partial charge in [0.2, 0.25) is 5.88 Å². The van der Waals surface area contributed by atoms with Gasteiger partial charge in [0, 0.05) is 12.3 Å². The van der Waals surface area contributed by atoms with Gasteiger partial charge in [-0.25, -0.2) is 4.52 Å². The number of nitrogens with zero attached hydrogens (tertiary/aromatic N) is 3. The number of hydrogen-bond donors (Lipinski definition) is 0. The molecule has 0 aliphatic rings. The van der Waals surface area contributed by atoms with Crippen molar-refractivity contribution in [1.29, 1.82) is 0 Å². The zero-order valence-electron chi connectivity index (χ0n) is 5.98. The normalized spacial score (nSPS) is 10.3. The first-order valence-electron chi connectivity index (χ1n) is 3.16. The highest BCUT2D eigenvalue weighted by Gasteiger charge is 1.96. The van der Waals surface area contributed by atoms with Crippen LogP contribution < -0.4 is 4.74 Å². The summed E-state index contributed by atoms with van der Waals surface area (Å²) in [5, 5.41) is 3.94. The Morgan fingerprint density at radius 1 is 1.64 bits per heavy atom. The summed E-state index contributed by atoms with van der Waals surface area (Å²) in [4.78, 5) is 4.08. The van der Waals surface area contributed by atoms with Gasteiger partial charge in [0.1, 0.15) is 0 Å². The Balaban J connectivity index is 2.67. The van der Waals surface area contributed by atoms with Crippen LogP contribution in [0.15, 0.2) is 18.5 Å². The molecule has 0 fully saturated rings. The summed E-state index contributed by atoms with van der Waals surface area (Å²) in [6, 6.07) is 4.60. The molecular weight excluding hydrogens is 142 g/mol. The second kappa shape index (κ2) is 2.23. The van der Waals surface area contributed by atoms with Crippen molar-refractivity contribution in [2.24, 2.45) is 0 Å². The van der Waals surface area contributed by atoms with Gasteiger partial charge in [-0.2, -0.15) is 10.1 Å². The SMILES string of the molecule is COc1ccn2nc[c]c2n1. The van der Waals surface area contributed by atoms with E-state index in [9.17, 15) is 0 Å². The largest absolute Gasteiger partial charge is 0.481 e. The summed E-state index contributed by atoms with van der Waals surface area (Å²) in [6.07, 6.45) is 3.35. The summed E-state index contributed by atoms with van der Waals surface area (Å²) < 4.78 is 6.55. The molecule has 0 saturated carbocycles. The Kier molecular flexibility index (Phi) is 1.25. The van der Waals surface area contributed by atoms with Crippen molar-refractivity contribution in [2.75, 3.05) is 7.11 Å². The van der Waals surface area contributed by atoms with Gasteiger partial charge in [-0.3, -0.25) is 0 Å². The second-order valence-electron chi connectivity index (χ2n) is 2.03. The predicted octanol–water partition coefficient (Wildman–Crippen LogP) is 0.538. The molecule has 2 heterocycles. The Morgan fingerprint density at radius 2 is 2.55 bits per heavy atom. The van der Waals surface area contributed by atoms with Crippen LogP contribution in [0.3, 0.4) is 0 Å². The Bertz CT molecular complexity index is 368. The molecule has 2 aromatic heterocycles. The minimum absolute atomic E-state index is 0.578. The molecule has 0 atom stereocenters. The van der Waals surface area contributed by atoms with E-state index in [0.29, 0.717) is 11.5 Å². The number of rotatable bonds is 1. The molecule has 11 heavy (non-hydrogen) atoms. The van der Waals surface area contributed by atoms with E-state index in [0.717, 1.165) is 0 Å². The van der Waals surface area contributed by atoms with Gasteiger partial charge >= 0.3 is 0 Å². The van der Waals surface area contributed by atoms with E-state index in [1.807, 2.05) is 0 Å². The highest BCUT2D eigenvalue weighted by Crippen LogP contribution is 2.05. The summed E-state index contributed by atoms with van der Waals surface area (Å²) >= 11 is 0. The molecule has 4 nitrogen and oxygen atoms in total. The monoisotopic (exact) mass is 148 g/mol. The van der Waals surface area contributed by atoms with Crippen LogP contribution in [0, 0.1) is 6.07 Å². The molecule has 0 N–H and O–H groups in total. The predicted molar refractivity (Wildman–Crippen MR) is 38.4 cm³/mol. The maximum atomic E-state index is 4.92. The lowest BCUT2D eigenvalue weighted by Crippen LogP contribution is -1.92. The van der Waals surface area contributed by atoms with Crippen LogP contribution in [0.25, 0.3) is 5.65 Å². The van der Waals surface area contributed by atoms with Crippen LogP contribution in [-0.2, 0) is 0 Å². The van der Waals surface area contributed by atoms with E-state index in [1.54, 1.807) is 30.1 Å². The van der Waals surface area contributed by atoms with Gasteiger partial charge < -0.3 is 4.74 Å². The molecule has 0 spiro atoms. The highest BCUT2D eigenvalue weighted by atomic mass is 16.5. The first-order chi connectivity index (χ1) is 5.40. The molecule has 0 saturated heterocycles. The first-order valence-corrected chi connectivity index (χ1v) is 3.16. The zero-order valence-corrected chi connectivity index (χ0v) is 5.98. The molecule has 0 amide bonds. The summed E-state index contributed by atoms with van der Waals surface area (Å²) in [7, 11) is 1.58. The highest BCUT2D eigenvalue weighted by molar-refractivity contribution is 5.36. The van der Waals surface area contributed by atoms with Crippen LogP contribution in [0.1, 0.15) is 0 Å². The molecule has 0 aliphatic heterocycles. The van der Waals surface area contributed by atoms with Gasteiger partial charge in [-0.05, 0) is 0 Å². The number of methoxy groups -OCH3 is 1. The van der Waals surface area contributed by atoms with Gasteiger partial charge in [0.15, 0.2) is 5.65 Å². The topological polar surface area (TPSA) is 39.4 Å². The maximum Gasteiger partial charge on any atom is 0.216 e. The van der Waals surface area contributed by atoms with Gasteiger partial charge in [0.25, 0.3) is 0 Å². The molecule has 0 aromatic carbocycles. The van der Waals surface area contributed by atoms with E-state index >= 15 is 0 Å². The standard InChI is InChI=1S/C7H6N3O/c1-11-7-3-5-10-6(9-7)2-4-8-10/h3-5H,1H3. The van der Waals surface area contributed by atoms with Gasteiger partial charge in [-0.1, -0.05) is 0 Å². The smallest absolute Gasteiger partial charge is 0.216 e. The third kappa shape index (κ3) is 0.920. The molecule has 4 heteroatoms. The van der Waals surface area contributed by atoms with Crippen molar-refractivity contribution in [2.45, 2.75) is 0 Å². The first kappa shape index (κ1) is 6.15. The minimum atomic E-state index is 0.578. The minimum Gasteiger partial charge on any atom is -0.481 e. The van der Waals surface area contributed by atoms with Crippen LogP contribution in [0.4, 0.5) is 0 Å². The lowest BCUT2D eigenvalue weighted by atomic mass is 10.6. The van der Waals surface area contributed by atoms with Crippen molar-refractivity contribution in [3.63, 3.8) is 0 Å². The van der Waals surface area contributed by atoms with Crippen molar-refractivity contribution >= 4 is 5.65 Å². The second-order valence-corrected chi connectivity index (χ2v) is 2.03. The van der Waals surface area contributed by atoms with Crippen LogP contribution in [0.5, 0.6) is 5.88 Å². The van der Waals surface area contributed by atoms with Gasteiger partial charge in [-0.15, -0.1) is 0 Å². The molecular formula is C7H6N3O. The summed E-state index contributed by atoms with van der Waals surface area (Å²) in [5.41, 5.74) is 0.671. The van der Waals surface area contributed by atoms with E-state index in [1.165, 1.54) is 0 Å². The van der Waals surface area contributed by atoms with Crippen LogP contribution >= 0.6 is 0 Å².